The number of furan rings is 1. The smallest absolute Gasteiger partial charge is 0.337 e. The number of fused-ring (bicyclic) bond motifs is 1. The van der Waals surface area contributed by atoms with Crippen LogP contribution in [0.25, 0.3) is 10.9 Å². The SMILES string of the molecule is CCOC(=O)CSc1nc2cc(C(=O)OC)ccc2c(=O)n1Cc1ccco1. The number of ether oxygens (including phenoxy) is 2. The summed E-state index contributed by atoms with van der Waals surface area (Å²) in [5, 5.41) is 0.670. The van der Waals surface area contributed by atoms with Gasteiger partial charge in [-0.1, -0.05) is 11.8 Å². The van der Waals surface area contributed by atoms with Gasteiger partial charge in [-0.3, -0.25) is 14.2 Å². The van der Waals surface area contributed by atoms with Gasteiger partial charge in [0.1, 0.15) is 5.76 Å². The van der Waals surface area contributed by atoms with Gasteiger partial charge in [0, 0.05) is 0 Å². The molecule has 0 amide bonds. The summed E-state index contributed by atoms with van der Waals surface area (Å²) < 4.78 is 16.4. The van der Waals surface area contributed by atoms with Crippen LogP contribution >= 0.6 is 11.8 Å². The second kappa shape index (κ2) is 8.75. The van der Waals surface area contributed by atoms with Crippen molar-refractivity contribution in [3.63, 3.8) is 0 Å². The van der Waals surface area contributed by atoms with E-state index < -0.39 is 11.9 Å². The Morgan fingerprint density at radius 3 is 2.79 bits per heavy atom. The standard InChI is InChI=1S/C19H18N2O6S/c1-3-26-16(22)11-28-19-20-15-9-12(18(24)25-2)6-7-14(15)17(23)21(19)10-13-5-4-8-27-13/h4-9H,3,10-11H2,1-2H3. The van der Waals surface area contributed by atoms with E-state index in [9.17, 15) is 14.4 Å². The average Bonchev–Trinajstić information content (AvgIpc) is 3.21. The highest BCUT2D eigenvalue weighted by atomic mass is 32.2. The number of thioether (sulfide) groups is 1. The predicted octanol–water partition coefficient (Wildman–Crippen LogP) is 2.48. The molecular weight excluding hydrogens is 384 g/mol. The highest BCUT2D eigenvalue weighted by molar-refractivity contribution is 7.99. The molecule has 2 heterocycles. The maximum absolute atomic E-state index is 13.0. The summed E-state index contributed by atoms with van der Waals surface area (Å²) in [4.78, 5) is 41.0. The molecule has 146 valence electrons. The molecule has 1 aromatic carbocycles. The largest absolute Gasteiger partial charge is 0.467 e. The Balaban J connectivity index is 2.07. The maximum Gasteiger partial charge on any atom is 0.337 e. The molecule has 0 aliphatic carbocycles. The molecule has 8 nitrogen and oxygen atoms in total. The van der Waals surface area contributed by atoms with E-state index in [-0.39, 0.29) is 30.0 Å². The lowest BCUT2D eigenvalue weighted by Gasteiger charge is -2.12. The molecule has 2 aromatic heterocycles. The van der Waals surface area contributed by atoms with E-state index in [1.807, 2.05) is 0 Å². The summed E-state index contributed by atoms with van der Waals surface area (Å²) in [5.74, 6) is -0.355. The summed E-state index contributed by atoms with van der Waals surface area (Å²) in [6.07, 6.45) is 1.52. The van der Waals surface area contributed by atoms with E-state index in [1.54, 1.807) is 19.1 Å². The fourth-order valence-corrected chi connectivity index (χ4v) is 3.38. The molecule has 0 saturated carbocycles. The first-order chi connectivity index (χ1) is 13.5. The molecule has 0 fully saturated rings. The Hall–Kier alpha value is -3.07. The van der Waals surface area contributed by atoms with E-state index in [4.69, 9.17) is 13.9 Å². The van der Waals surface area contributed by atoms with Crippen LogP contribution in [0.5, 0.6) is 0 Å². The molecule has 0 bridgehead atoms. The third kappa shape index (κ3) is 4.25. The van der Waals surface area contributed by atoms with Crippen LogP contribution in [0.2, 0.25) is 0 Å². The number of methoxy groups -OCH3 is 1. The zero-order valence-corrected chi connectivity index (χ0v) is 16.2. The lowest BCUT2D eigenvalue weighted by molar-refractivity contribution is -0.139. The Morgan fingerprint density at radius 1 is 1.29 bits per heavy atom. The van der Waals surface area contributed by atoms with Crippen molar-refractivity contribution < 1.29 is 23.5 Å². The van der Waals surface area contributed by atoms with Crippen LogP contribution in [0.4, 0.5) is 0 Å². The van der Waals surface area contributed by atoms with Crippen LogP contribution in [0.3, 0.4) is 0 Å². The number of carbonyl (C=O) groups excluding carboxylic acids is 2. The van der Waals surface area contributed by atoms with Gasteiger partial charge < -0.3 is 13.9 Å². The molecule has 0 atom stereocenters. The Labute approximate surface area is 164 Å². The van der Waals surface area contributed by atoms with Crippen LogP contribution in [0.1, 0.15) is 23.0 Å². The van der Waals surface area contributed by atoms with Crippen LogP contribution < -0.4 is 5.56 Å². The number of carbonyl (C=O) groups is 2. The number of aromatic nitrogens is 2. The molecule has 3 aromatic rings. The zero-order chi connectivity index (χ0) is 20.1. The molecule has 0 radical (unpaired) electrons. The molecule has 3 rings (SSSR count). The van der Waals surface area contributed by atoms with E-state index in [0.717, 1.165) is 11.8 Å². The van der Waals surface area contributed by atoms with Gasteiger partial charge in [-0.2, -0.15) is 0 Å². The van der Waals surface area contributed by atoms with Crippen LogP contribution in [0, 0.1) is 0 Å². The molecular formula is C19H18N2O6S. The van der Waals surface area contributed by atoms with Crippen molar-refractivity contribution in [1.82, 2.24) is 9.55 Å². The van der Waals surface area contributed by atoms with Gasteiger partial charge in [0.05, 0.1) is 48.7 Å². The number of hydrogen-bond donors (Lipinski definition) is 0. The quantitative estimate of drug-likeness (QED) is 0.338. The lowest BCUT2D eigenvalue weighted by Crippen LogP contribution is -2.24. The van der Waals surface area contributed by atoms with E-state index in [0.29, 0.717) is 21.8 Å². The summed E-state index contributed by atoms with van der Waals surface area (Å²) in [6.45, 7) is 2.16. The first-order valence-electron chi connectivity index (χ1n) is 8.47. The molecule has 0 aliphatic heterocycles. The summed E-state index contributed by atoms with van der Waals surface area (Å²) in [5.41, 5.74) is 0.325. The zero-order valence-electron chi connectivity index (χ0n) is 15.3. The topological polar surface area (TPSA) is 101 Å². The van der Waals surface area contributed by atoms with Crippen molar-refractivity contribution >= 4 is 34.6 Å². The normalized spacial score (nSPS) is 10.8. The van der Waals surface area contributed by atoms with Gasteiger partial charge in [-0.15, -0.1) is 0 Å². The summed E-state index contributed by atoms with van der Waals surface area (Å²) in [6, 6.07) is 8.02. The van der Waals surface area contributed by atoms with Gasteiger partial charge >= 0.3 is 11.9 Å². The molecule has 0 aliphatic rings. The number of rotatable bonds is 7. The van der Waals surface area contributed by atoms with Crippen molar-refractivity contribution in [3.8, 4) is 0 Å². The van der Waals surface area contributed by atoms with Crippen molar-refractivity contribution in [2.24, 2.45) is 0 Å². The van der Waals surface area contributed by atoms with Crippen LogP contribution in [0.15, 0.2) is 51.0 Å². The van der Waals surface area contributed by atoms with E-state index in [2.05, 4.69) is 4.98 Å². The third-order valence-corrected chi connectivity index (χ3v) is 4.81. The summed E-state index contributed by atoms with van der Waals surface area (Å²) >= 11 is 1.09. The number of nitrogens with zero attached hydrogens (tertiary/aromatic N) is 2. The minimum atomic E-state index is -0.524. The van der Waals surface area contributed by atoms with Gasteiger partial charge in [-0.25, -0.2) is 9.78 Å². The Kier molecular flexibility index (Phi) is 6.15. The number of esters is 2. The first kappa shape index (κ1) is 19.7. The van der Waals surface area contributed by atoms with Crippen LogP contribution in [-0.2, 0) is 20.8 Å². The lowest BCUT2D eigenvalue weighted by atomic mass is 10.1. The van der Waals surface area contributed by atoms with Gasteiger partial charge in [-0.05, 0) is 37.3 Å². The average molecular weight is 402 g/mol. The van der Waals surface area contributed by atoms with Gasteiger partial charge in [0.25, 0.3) is 5.56 Å². The van der Waals surface area contributed by atoms with Crippen molar-refractivity contribution in [2.45, 2.75) is 18.6 Å². The molecule has 0 spiro atoms. The second-order valence-electron chi connectivity index (χ2n) is 5.68. The predicted molar refractivity (Wildman–Crippen MR) is 103 cm³/mol. The second-order valence-corrected chi connectivity index (χ2v) is 6.62. The monoisotopic (exact) mass is 402 g/mol. The highest BCUT2D eigenvalue weighted by Gasteiger charge is 2.16. The number of benzene rings is 1. The van der Waals surface area contributed by atoms with Gasteiger partial charge in [0.15, 0.2) is 5.16 Å². The van der Waals surface area contributed by atoms with Gasteiger partial charge in [0.2, 0.25) is 0 Å². The molecule has 0 unspecified atom stereocenters. The Bertz CT molecular complexity index is 1060. The van der Waals surface area contributed by atoms with Crippen LogP contribution in [-0.4, -0.2) is 41.0 Å². The molecule has 28 heavy (non-hydrogen) atoms. The molecule has 0 saturated heterocycles. The van der Waals surface area contributed by atoms with Crippen molar-refractivity contribution in [1.29, 1.82) is 0 Å². The maximum atomic E-state index is 13.0. The Morgan fingerprint density at radius 2 is 2.11 bits per heavy atom. The highest BCUT2D eigenvalue weighted by Crippen LogP contribution is 2.20. The van der Waals surface area contributed by atoms with E-state index in [1.165, 1.54) is 36.1 Å². The fraction of sp³-hybridized carbons (Fsp3) is 0.263. The minimum absolute atomic E-state index is 0.000629. The molecule has 0 N–H and O–H groups in total. The van der Waals surface area contributed by atoms with Crippen molar-refractivity contribution in [3.05, 3.63) is 58.3 Å². The third-order valence-electron chi connectivity index (χ3n) is 3.86. The fourth-order valence-electron chi connectivity index (χ4n) is 2.58. The molecule has 9 heteroatoms. The number of hydrogen-bond acceptors (Lipinski definition) is 8. The minimum Gasteiger partial charge on any atom is -0.467 e. The summed E-state index contributed by atoms with van der Waals surface area (Å²) in [7, 11) is 1.28. The van der Waals surface area contributed by atoms with Crippen molar-refractivity contribution in [2.75, 3.05) is 19.5 Å². The first-order valence-corrected chi connectivity index (χ1v) is 9.45. The van der Waals surface area contributed by atoms with E-state index >= 15 is 0 Å².